The number of aliphatic carboxylic acids is 1. The second kappa shape index (κ2) is 5.44. The molecule has 1 atom stereocenters. The zero-order valence-electron chi connectivity index (χ0n) is 11.5. The van der Waals surface area contributed by atoms with Crippen LogP contribution in [-0.2, 0) is 4.79 Å². The standard InChI is InChI=1S/C16H16N2O3/c19-15(18-7-6-12(10-18)16(20)21)14-9-17-8-13(14)11-4-2-1-3-5-11/h1-5,8-9,12,17H,6-7,10H2,(H,20,21). The molecule has 1 amide bonds. The molecule has 3 rings (SSSR count). The Morgan fingerprint density at radius 3 is 2.62 bits per heavy atom. The predicted molar refractivity (Wildman–Crippen MR) is 77.9 cm³/mol. The average molecular weight is 284 g/mol. The lowest BCUT2D eigenvalue weighted by Crippen LogP contribution is -2.30. The molecule has 108 valence electrons. The Balaban J connectivity index is 1.84. The summed E-state index contributed by atoms with van der Waals surface area (Å²) in [5, 5.41) is 9.03. The van der Waals surface area contributed by atoms with Crippen LogP contribution in [-0.4, -0.2) is 40.0 Å². The van der Waals surface area contributed by atoms with Gasteiger partial charge in [-0.2, -0.15) is 0 Å². The van der Waals surface area contributed by atoms with E-state index >= 15 is 0 Å². The molecular formula is C16H16N2O3. The normalized spacial score (nSPS) is 17.9. The fourth-order valence-electron chi connectivity index (χ4n) is 2.71. The van der Waals surface area contributed by atoms with Crippen molar-refractivity contribution in [1.29, 1.82) is 0 Å². The maximum atomic E-state index is 12.6. The van der Waals surface area contributed by atoms with Crippen LogP contribution >= 0.6 is 0 Å². The maximum Gasteiger partial charge on any atom is 0.308 e. The van der Waals surface area contributed by atoms with Crippen molar-refractivity contribution in [2.45, 2.75) is 6.42 Å². The molecule has 1 fully saturated rings. The number of benzene rings is 1. The van der Waals surface area contributed by atoms with E-state index in [2.05, 4.69) is 4.98 Å². The number of carbonyl (C=O) groups is 2. The van der Waals surface area contributed by atoms with E-state index in [1.165, 1.54) is 0 Å². The van der Waals surface area contributed by atoms with E-state index in [0.29, 0.717) is 18.5 Å². The summed E-state index contributed by atoms with van der Waals surface area (Å²) < 4.78 is 0. The van der Waals surface area contributed by atoms with Crippen molar-refractivity contribution in [3.05, 3.63) is 48.3 Å². The second-order valence-corrected chi connectivity index (χ2v) is 5.22. The number of likely N-dealkylation sites (tertiary alicyclic amines) is 1. The third-order valence-electron chi connectivity index (χ3n) is 3.89. The number of hydrogen-bond donors (Lipinski definition) is 2. The molecule has 2 heterocycles. The van der Waals surface area contributed by atoms with Gasteiger partial charge in [0.25, 0.3) is 5.91 Å². The first kappa shape index (κ1) is 13.4. The van der Waals surface area contributed by atoms with Gasteiger partial charge >= 0.3 is 5.97 Å². The number of hydrogen-bond acceptors (Lipinski definition) is 2. The molecule has 0 spiro atoms. The molecule has 2 aromatic rings. The molecule has 2 N–H and O–H groups in total. The van der Waals surface area contributed by atoms with Gasteiger partial charge in [-0.15, -0.1) is 0 Å². The summed E-state index contributed by atoms with van der Waals surface area (Å²) >= 11 is 0. The average Bonchev–Trinajstić information content (AvgIpc) is 3.17. The van der Waals surface area contributed by atoms with Gasteiger partial charge in [0.1, 0.15) is 0 Å². The van der Waals surface area contributed by atoms with Gasteiger partial charge in [-0.25, -0.2) is 0 Å². The zero-order valence-corrected chi connectivity index (χ0v) is 11.5. The highest BCUT2D eigenvalue weighted by Gasteiger charge is 2.32. The predicted octanol–water partition coefficient (Wildman–Crippen LogP) is 2.23. The van der Waals surface area contributed by atoms with Gasteiger partial charge in [-0.05, 0) is 12.0 Å². The molecule has 5 heteroatoms. The number of nitrogens with one attached hydrogen (secondary N) is 1. The lowest BCUT2D eigenvalue weighted by Gasteiger charge is -2.16. The van der Waals surface area contributed by atoms with Gasteiger partial charge in [-0.3, -0.25) is 9.59 Å². The first-order valence-corrected chi connectivity index (χ1v) is 6.91. The summed E-state index contributed by atoms with van der Waals surface area (Å²) in [4.78, 5) is 28.2. The molecule has 0 aliphatic carbocycles. The maximum absolute atomic E-state index is 12.6. The molecular weight excluding hydrogens is 268 g/mol. The number of carboxylic acid groups (broad SMARTS) is 1. The molecule has 1 aromatic carbocycles. The quantitative estimate of drug-likeness (QED) is 0.907. The third-order valence-corrected chi connectivity index (χ3v) is 3.89. The van der Waals surface area contributed by atoms with Crippen molar-refractivity contribution in [3.8, 4) is 11.1 Å². The molecule has 1 aromatic heterocycles. The number of nitrogens with zero attached hydrogens (tertiary/aromatic N) is 1. The van der Waals surface area contributed by atoms with Crippen molar-refractivity contribution < 1.29 is 14.7 Å². The van der Waals surface area contributed by atoms with E-state index in [1.54, 1.807) is 17.3 Å². The van der Waals surface area contributed by atoms with Crippen molar-refractivity contribution in [1.82, 2.24) is 9.88 Å². The molecule has 1 aliphatic rings. The number of aromatic nitrogens is 1. The Kier molecular flexibility index (Phi) is 3.48. The van der Waals surface area contributed by atoms with Crippen LogP contribution in [0.4, 0.5) is 0 Å². The van der Waals surface area contributed by atoms with Crippen molar-refractivity contribution in [2.75, 3.05) is 13.1 Å². The van der Waals surface area contributed by atoms with Crippen molar-refractivity contribution >= 4 is 11.9 Å². The molecule has 1 aliphatic heterocycles. The Hall–Kier alpha value is -2.56. The zero-order chi connectivity index (χ0) is 14.8. The SMILES string of the molecule is O=C(O)C1CCN(C(=O)c2c[nH]cc2-c2ccccc2)C1. The summed E-state index contributed by atoms with van der Waals surface area (Å²) in [6.07, 6.45) is 4.00. The highest BCUT2D eigenvalue weighted by molar-refractivity contribution is 6.01. The molecule has 21 heavy (non-hydrogen) atoms. The van der Waals surface area contributed by atoms with Gasteiger partial charge in [-0.1, -0.05) is 30.3 Å². The Morgan fingerprint density at radius 2 is 1.95 bits per heavy atom. The van der Waals surface area contributed by atoms with Crippen LogP contribution in [0.5, 0.6) is 0 Å². The van der Waals surface area contributed by atoms with Gasteiger partial charge in [0.15, 0.2) is 0 Å². The van der Waals surface area contributed by atoms with Crippen LogP contribution in [0.2, 0.25) is 0 Å². The first-order valence-electron chi connectivity index (χ1n) is 6.91. The number of H-pyrrole nitrogens is 1. The fraction of sp³-hybridized carbons (Fsp3) is 0.250. The Labute approximate surface area is 122 Å². The van der Waals surface area contributed by atoms with Gasteiger partial charge in [0.05, 0.1) is 11.5 Å². The van der Waals surface area contributed by atoms with Crippen molar-refractivity contribution in [3.63, 3.8) is 0 Å². The lowest BCUT2D eigenvalue weighted by atomic mass is 10.0. The number of carbonyl (C=O) groups excluding carboxylic acids is 1. The van der Waals surface area contributed by atoms with Crippen LogP contribution in [0.15, 0.2) is 42.7 Å². The van der Waals surface area contributed by atoms with Crippen LogP contribution < -0.4 is 0 Å². The summed E-state index contributed by atoms with van der Waals surface area (Å²) in [6.45, 7) is 0.781. The van der Waals surface area contributed by atoms with Crippen LogP contribution in [0, 0.1) is 5.92 Å². The fourth-order valence-corrected chi connectivity index (χ4v) is 2.71. The second-order valence-electron chi connectivity index (χ2n) is 5.22. The number of amides is 1. The van der Waals surface area contributed by atoms with E-state index in [0.717, 1.165) is 11.1 Å². The summed E-state index contributed by atoms with van der Waals surface area (Å²) in [5.41, 5.74) is 2.41. The Morgan fingerprint density at radius 1 is 1.19 bits per heavy atom. The van der Waals surface area contributed by atoms with Crippen molar-refractivity contribution in [2.24, 2.45) is 5.92 Å². The highest BCUT2D eigenvalue weighted by atomic mass is 16.4. The van der Waals surface area contributed by atoms with Gasteiger partial charge in [0.2, 0.25) is 0 Å². The minimum absolute atomic E-state index is 0.112. The van der Waals surface area contributed by atoms with Gasteiger partial charge < -0.3 is 15.0 Å². The largest absolute Gasteiger partial charge is 0.481 e. The molecule has 1 unspecified atom stereocenters. The summed E-state index contributed by atoms with van der Waals surface area (Å²) in [6, 6.07) is 9.67. The Bertz CT molecular complexity index is 663. The van der Waals surface area contributed by atoms with E-state index in [9.17, 15) is 9.59 Å². The van der Waals surface area contributed by atoms with E-state index in [-0.39, 0.29) is 12.5 Å². The monoisotopic (exact) mass is 284 g/mol. The van der Waals surface area contributed by atoms with Crippen LogP contribution in [0.25, 0.3) is 11.1 Å². The van der Waals surface area contributed by atoms with E-state index < -0.39 is 11.9 Å². The van der Waals surface area contributed by atoms with Crippen LogP contribution in [0.1, 0.15) is 16.8 Å². The molecule has 0 bridgehead atoms. The van der Waals surface area contributed by atoms with E-state index in [1.807, 2.05) is 30.3 Å². The van der Waals surface area contributed by atoms with Gasteiger partial charge in [0, 0.05) is 31.0 Å². The molecule has 0 radical (unpaired) electrons. The summed E-state index contributed by atoms with van der Waals surface area (Å²) in [7, 11) is 0. The number of rotatable bonds is 3. The lowest BCUT2D eigenvalue weighted by molar-refractivity contribution is -0.141. The topological polar surface area (TPSA) is 73.4 Å². The highest BCUT2D eigenvalue weighted by Crippen LogP contribution is 2.26. The molecule has 5 nitrogen and oxygen atoms in total. The first-order chi connectivity index (χ1) is 10.2. The molecule has 0 saturated carbocycles. The number of aromatic amines is 1. The van der Waals surface area contributed by atoms with E-state index in [4.69, 9.17) is 5.11 Å². The summed E-state index contributed by atoms with van der Waals surface area (Å²) in [5.74, 6) is -1.39. The minimum atomic E-state index is -0.831. The number of carboxylic acids is 1. The minimum Gasteiger partial charge on any atom is -0.481 e. The molecule has 1 saturated heterocycles. The smallest absolute Gasteiger partial charge is 0.308 e. The van der Waals surface area contributed by atoms with Crippen LogP contribution in [0.3, 0.4) is 0 Å². The third kappa shape index (κ3) is 2.54.